The van der Waals surface area contributed by atoms with Crippen LogP contribution in [0.5, 0.6) is 0 Å². The smallest absolute Gasteiger partial charge is 0.323 e. The summed E-state index contributed by atoms with van der Waals surface area (Å²) in [5.74, 6) is 0.628. The molecule has 0 aliphatic carbocycles. The first-order valence-electron chi connectivity index (χ1n) is 7.75. The normalized spacial score (nSPS) is 22.2. The summed E-state index contributed by atoms with van der Waals surface area (Å²) < 4.78 is 0. The van der Waals surface area contributed by atoms with Crippen LogP contribution in [0.2, 0.25) is 0 Å². The van der Waals surface area contributed by atoms with Gasteiger partial charge in [0.2, 0.25) is 11.0 Å². The molecule has 3 rings (SSSR count). The van der Waals surface area contributed by atoms with E-state index >= 15 is 0 Å². The Bertz CT molecular complexity index is 561. The van der Waals surface area contributed by atoms with Crippen molar-refractivity contribution in [2.45, 2.75) is 32.6 Å². The number of aryl methyl sites for hydroxylation is 1. The maximum Gasteiger partial charge on any atom is 0.323 e. The van der Waals surface area contributed by atoms with Crippen molar-refractivity contribution in [3.8, 4) is 0 Å². The number of anilines is 1. The highest BCUT2D eigenvalue weighted by atomic mass is 32.1. The standard InChI is InChI=1S/C14H21N5O2S/c1-10-16-17-13(22-10)15-14(21)19-7-2-4-11(9-19)8-18-6-3-5-12(18)20/h11H,2-9H2,1H3,(H,15,17,21)/t11-/m0/s1. The summed E-state index contributed by atoms with van der Waals surface area (Å²) >= 11 is 1.37. The third-order valence-electron chi connectivity index (χ3n) is 4.20. The minimum absolute atomic E-state index is 0.117. The van der Waals surface area contributed by atoms with Crippen LogP contribution in [0.15, 0.2) is 0 Å². The lowest BCUT2D eigenvalue weighted by atomic mass is 9.98. The third kappa shape index (κ3) is 3.55. The second kappa shape index (κ2) is 6.60. The Hall–Kier alpha value is -1.70. The van der Waals surface area contributed by atoms with Crippen molar-refractivity contribution in [1.82, 2.24) is 20.0 Å². The minimum Gasteiger partial charge on any atom is -0.342 e. The average molecular weight is 323 g/mol. The Morgan fingerprint density at radius 2 is 2.23 bits per heavy atom. The average Bonchev–Trinajstić information content (AvgIpc) is 3.08. The van der Waals surface area contributed by atoms with Crippen molar-refractivity contribution in [1.29, 1.82) is 0 Å². The molecule has 1 aromatic heterocycles. The summed E-state index contributed by atoms with van der Waals surface area (Å²) in [7, 11) is 0. The highest BCUT2D eigenvalue weighted by molar-refractivity contribution is 7.15. The van der Waals surface area contributed by atoms with Gasteiger partial charge in [0.25, 0.3) is 0 Å². The molecule has 8 heteroatoms. The Morgan fingerprint density at radius 3 is 2.91 bits per heavy atom. The number of carbonyl (C=O) groups excluding carboxylic acids is 2. The van der Waals surface area contributed by atoms with E-state index in [4.69, 9.17) is 0 Å². The van der Waals surface area contributed by atoms with Crippen molar-refractivity contribution < 1.29 is 9.59 Å². The fraction of sp³-hybridized carbons (Fsp3) is 0.714. The van der Waals surface area contributed by atoms with Gasteiger partial charge in [-0.05, 0) is 32.1 Å². The van der Waals surface area contributed by atoms with Crippen molar-refractivity contribution in [3.63, 3.8) is 0 Å². The van der Waals surface area contributed by atoms with Crippen LogP contribution in [0.3, 0.4) is 0 Å². The molecule has 0 bridgehead atoms. The summed E-state index contributed by atoms with van der Waals surface area (Å²) in [4.78, 5) is 27.8. The van der Waals surface area contributed by atoms with E-state index in [1.165, 1.54) is 11.3 Å². The quantitative estimate of drug-likeness (QED) is 0.918. The summed E-state index contributed by atoms with van der Waals surface area (Å²) in [5.41, 5.74) is 0. The fourth-order valence-electron chi connectivity index (χ4n) is 3.12. The number of urea groups is 1. The van der Waals surface area contributed by atoms with Gasteiger partial charge in [-0.3, -0.25) is 10.1 Å². The molecule has 2 saturated heterocycles. The van der Waals surface area contributed by atoms with Gasteiger partial charge in [0, 0.05) is 32.6 Å². The lowest BCUT2D eigenvalue weighted by Crippen LogP contribution is -2.45. The van der Waals surface area contributed by atoms with Gasteiger partial charge in [0.05, 0.1) is 0 Å². The molecular weight excluding hydrogens is 302 g/mol. The van der Waals surface area contributed by atoms with Gasteiger partial charge in [-0.25, -0.2) is 4.79 Å². The maximum absolute atomic E-state index is 12.3. The molecule has 1 N–H and O–H groups in total. The Balaban J connectivity index is 1.53. The van der Waals surface area contributed by atoms with E-state index in [-0.39, 0.29) is 11.9 Å². The second-order valence-electron chi connectivity index (χ2n) is 5.95. The SMILES string of the molecule is Cc1nnc(NC(=O)N2CCC[C@@H](CN3CCCC3=O)C2)s1. The van der Waals surface area contributed by atoms with Gasteiger partial charge < -0.3 is 9.80 Å². The number of nitrogens with one attached hydrogen (secondary N) is 1. The number of amides is 3. The zero-order valence-electron chi connectivity index (χ0n) is 12.7. The molecule has 120 valence electrons. The van der Waals surface area contributed by atoms with Crippen LogP contribution in [0.25, 0.3) is 0 Å². The van der Waals surface area contributed by atoms with Crippen LogP contribution < -0.4 is 5.32 Å². The molecule has 7 nitrogen and oxygen atoms in total. The largest absolute Gasteiger partial charge is 0.342 e. The first kappa shape index (κ1) is 15.2. The van der Waals surface area contributed by atoms with Gasteiger partial charge in [0.1, 0.15) is 5.01 Å². The molecule has 3 heterocycles. The summed E-state index contributed by atoms with van der Waals surface area (Å²) in [6.07, 6.45) is 3.69. The number of rotatable bonds is 3. The van der Waals surface area contributed by atoms with Crippen LogP contribution in [-0.2, 0) is 4.79 Å². The Morgan fingerprint density at radius 1 is 1.36 bits per heavy atom. The lowest BCUT2D eigenvalue weighted by molar-refractivity contribution is -0.128. The van der Waals surface area contributed by atoms with Crippen molar-refractivity contribution in [2.24, 2.45) is 5.92 Å². The zero-order chi connectivity index (χ0) is 15.5. The summed E-state index contributed by atoms with van der Waals surface area (Å²) in [5, 5.41) is 12.0. The molecule has 2 aliphatic heterocycles. The minimum atomic E-state index is -0.117. The molecule has 0 saturated carbocycles. The molecule has 2 fully saturated rings. The molecule has 1 atom stereocenters. The zero-order valence-corrected chi connectivity index (χ0v) is 13.6. The molecule has 0 spiro atoms. The van der Waals surface area contributed by atoms with E-state index in [2.05, 4.69) is 15.5 Å². The lowest BCUT2D eigenvalue weighted by Gasteiger charge is -2.34. The third-order valence-corrected chi connectivity index (χ3v) is 4.95. The van der Waals surface area contributed by atoms with Crippen LogP contribution in [0.4, 0.5) is 9.93 Å². The second-order valence-corrected chi connectivity index (χ2v) is 7.14. The number of piperidine rings is 1. The predicted molar refractivity (Wildman–Crippen MR) is 83.8 cm³/mol. The number of aromatic nitrogens is 2. The van der Waals surface area contributed by atoms with E-state index < -0.39 is 0 Å². The van der Waals surface area contributed by atoms with E-state index in [9.17, 15) is 9.59 Å². The van der Waals surface area contributed by atoms with Gasteiger partial charge >= 0.3 is 6.03 Å². The summed E-state index contributed by atoms with van der Waals surface area (Å²) in [6, 6.07) is -0.117. The summed E-state index contributed by atoms with van der Waals surface area (Å²) in [6.45, 7) is 4.96. The van der Waals surface area contributed by atoms with Crippen LogP contribution in [-0.4, -0.2) is 58.1 Å². The van der Waals surface area contributed by atoms with E-state index in [0.717, 1.165) is 43.9 Å². The van der Waals surface area contributed by atoms with Gasteiger partial charge in [0.15, 0.2) is 0 Å². The molecule has 0 radical (unpaired) electrons. The fourth-order valence-corrected chi connectivity index (χ4v) is 3.71. The molecule has 3 amide bonds. The molecule has 22 heavy (non-hydrogen) atoms. The number of hydrogen-bond donors (Lipinski definition) is 1. The Labute approximate surface area is 133 Å². The Kier molecular flexibility index (Phi) is 4.56. The highest BCUT2D eigenvalue weighted by Gasteiger charge is 2.28. The maximum atomic E-state index is 12.3. The number of likely N-dealkylation sites (tertiary alicyclic amines) is 2. The van der Waals surface area contributed by atoms with Crippen LogP contribution in [0, 0.1) is 12.8 Å². The molecule has 0 aromatic carbocycles. The molecular formula is C14H21N5O2S. The van der Waals surface area contributed by atoms with Crippen LogP contribution >= 0.6 is 11.3 Å². The molecule has 1 aromatic rings. The number of carbonyl (C=O) groups is 2. The van der Waals surface area contributed by atoms with Gasteiger partial charge in [-0.1, -0.05) is 11.3 Å². The van der Waals surface area contributed by atoms with Gasteiger partial charge in [-0.15, -0.1) is 10.2 Å². The first-order valence-corrected chi connectivity index (χ1v) is 8.57. The van der Waals surface area contributed by atoms with E-state index in [0.29, 0.717) is 24.0 Å². The topological polar surface area (TPSA) is 78.4 Å². The van der Waals surface area contributed by atoms with Crippen molar-refractivity contribution in [3.05, 3.63) is 5.01 Å². The highest BCUT2D eigenvalue weighted by Crippen LogP contribution is 2.22. The van der Waals surface area contributed by atoms with Crippen LogP contribution in [0.1, 0.15) is 30.7 Å². The predicted octanol–water partition coefficient (Wildman–Crippen LogP) is 1.71. The first-order chi connectivity index (χ1) is 10.6. The molecule has 0 unspecified atom stereocenters. The number of hydrogen-bond acceptors (Lipinski definition) is 5. The number of nitrogens with zero attached hydrogens (tertiary/aromatic N) is 4. The van der Waals surface area contributed by atoms with E-state index in [1.807, 2.05) is 16.7 Å². The molecule has 2 aliphatic rings. The van der Waals surface area contributed by atoms with E-state index in [1.54, 1.807) is 0 Å². The van der Waals surface area contributed by atoms with Crippen molar-refractivity contribution >= 4 is 28.4 Å². The van der Waals surface area contributed by atoms with Gasteiger partial charge in [-0.2, -0.15) is 0 Å². The van der Waals surface area contributed by atoms with Crippen molar-refractivity contribution in [2.75, 3.05) is 31.5 Å². The monoisotopic (exact) mass is 323 g/mol.